The molecule has 3 aromatic rings. The number of fused-ring (bicyclic) bond motifs is 3. The van der Waals surface area contributed by atoms with E-state index in [2.05, 4.69) is 69.0 Å². The lowest BCUT2D eigenvalue weighted by Gasteiger charge is -2.43. The molecular weight excluding hydrogens is 755 g/mol. The average molecular weight is 812 g/mol. The number of anilines is 1. The molecule has 5 aliphatic rings. The van der Waals surface area contributed by atoms with Crippen LogP contribution >= 0.6 is 0 Å². The lowest BCUT2D eigenvalue weighted by Crippen LogP contribution is -2.48. The van der Waals surface area contributed by atoms with Gasteiger partial charge in [0.05, 0.1) is 11.1 Å². The quantitative estimate of drug-likeness (QED) is 0.0840. The molecule has 1 saturated heterocycles. The number of benzene rings is 3. The van der Waals surface area contributed by atoms with Crippen LogP contribution < -0.4 is 15.5 Å². The molecule has 8 rings (SSSR count). The predicted molar refractivity (Wildman–Crippen MR) is 231 cm³/mol. The molecule has 3 N–H and O–H groups in total. The number of carbonyl (C=O) groups excluding carboxylic acids is 5. The van der Waals surface area contributed by atoms with Crippen LogP contribution in [0.15, 0.2) is 78.4 Å². The standard InChI is InChI=1S/C49H57N5O6/c1-50-46(58)44(9-5-26-55)54-47(59)42-28-36-30-52(31-37(36)29-43(42)48(54)60)23-6-18-49(19-22-51-32-56)20-24-53(25-21-49)38-13-10-34(11-14-38)45-40(33-7-3-2-4-8-33)16-12-35-27-39(57)15-17-41(35)45/h3,7-8,10-11,13-15,17,26-29,32,40,44-45,57H,2,4-6,9,12,16,18-25,30-31H2,1H3,(H,50,58)(H,51,56). The summed E-state index contributed by atoms with van der Waals surface area (Å²) in [5.74, 6) is -0.457. The topological polar surface area (TPSA) is 139 Å². The van der Waals surface area contributed by atoms with E-state index in [9.17, 15) is 29.1 Å². The summed E-state index contributed by atoms with van der Waals surface area (Å²) in [4.78, 5) is 67.8. The molecule has 3 aliphatic heterocycles. The number of hydrogen-bond acceptors (Lipinski definition) is 8. The Morgan fingerprint density at radius 3 is 2.32 bits per heavy atom. The fourth-order valence-corrected chi connectivity index (χ4v) is 10.8. The molecule has 3 heterocycles. The zero-order valence-corrected chi connectivity index (χ0v) is 34.7. The normalized spacial score (nSPS) is 21.2. The maximum atomic E-state index is 13.5. The summed E-state index contributed by atoms with van der Waals surface area (Å²) in [5, 5.41) is 15.7. The maximum absolute atomic E-state index is 13.5. The monoisotopic (exact) mass is 811 g/mol. The van der Waals surface area contributed by atoms with E-state index >= 15 is 0 Å². The van der Waals surface area contributed by atoms with E-state index in [1.807, 2.05) is 24.3 Å². The van der Waals surface area contributed by atoms with Gasteiger partial charge >= 0.3 is 0 Å². The first-order chi connectivity index (χ1) is 29.2. The first kappa shape index (κ1) is 41.2. The minimum absolute atomic E-state index is 0.0698. The molecule has 0 bridgehead atoms. The molecule has 0 radical (unpaired) electrons. The Morgan fingerprint density at radius 2 is 1.67 bits per heavy atom. The summed E-state index contributed by atoms with van der Waals surface area (Å²) in [7, 11) is 1.46. The van der Waals surface area contributed by atoms with Gasteiger partial charge in [0.15, 0.2) is 0 Å². The number of aryl methyl sites for hydroxylation is 1. The van der Waals surface area contributed by atoms with Crippen molar-refractivity contribution in [3.05, 3.63) is 117 Å². The number of phenols is 1. The van der Waals surface area contributed by atoms with E-state index in [0.717, 1.165) is 99.9 Å². The van der Waals surface area contributed by atoms with Crippen molar-refractivity contribution in [2.24, 2.45) is 11.3 Å². The minimum atomic E-state index is -1.03. The molecule has 3 aromatic carbocycles. The summed E-state index contributed by atoms with van der Waals surface area (Å²) in [6.07, 6.45) is 18.0. The predicted octanol–water partition coefficient (Wildman–Crippen LogP) is 6.57. The largest absolute Gasteiger partial charge is 0.508 e. The molecule has 60 heavy (non-hydrogen) atoms. The van der Waals surface area contributed by atoms with Crippen molar-refractivity contribution in [3.8, 4) is 5.75 Å². The van der Waals surface area contributed by atoms with Gasteiger partial charge in [-0.05, 0) is 152 Å². The van der Waals surface area contributed by atoms with Crippen LogP contribution in [0.5, 0.6) is 5.75 Å². The van der Waals surface area contributed by atoms with Crippen LogP contribution in [0.3, 0.4) is 0 Å². The highest BCUT2D eigenvalue weighted by Crippen LogP contribution is 2.47. The van der Waals surface area contributed by atoms with Crippen LogP contribution in [0.2, 0.25) is 0 Å². The molecule has 2 aliphatic carbocycles. The van der Waals surface area contributed by atoms with Gasteiger partial charge in [0.1, 0.15) is 18.1 Å². The SMILES string of the molecule is CNC(=O)C(CCC=O)N1C(=O)c2cc3c(cc2C1=O)CN(CCCC1(CCNC=O)CCN(c2ccc(C4c5ccc(O)cc5CCC4C4=CCCC=C4)cc2)CC1)C3. The maximum Gasteiger partial charge on any atom is 0.262 e. The summed E-state index contributed by atoms with van der Waals surface area (Å²) >= 11 is 0. The smallest absolute Gasteiger partial charge is 0.262 e. The molecule has 3 unspecified atom stereocenters. The van der Waals surface area contributed by atoms with E-state index in [-0.39, 0.29) is 24.2 Å². The highest BCUT2D eigenvalue weighted by molar-refractivity contribution is 6.23. The van der Waals surface area contributed by atoms with Crippen LogP contribution in [0.25, 0.3) is 0 Å². The molecule has 314 valence electrons. The molecular formula is C49H57N5O6. The van der Waals surface area contributed by atoms with E-state index in [1.54, 1.807) is 0 Å². The van der Waals surface area contributed by atoms with Gasteiger partial charge in [-0.3, -0.25) is 29.0 Å². The molecule has 1 fully saturated rings. The number of rotatable bonds is 16. The van der Waals surface area contributed by atoms with Gasteiger partial charge in [-0.25, -0.2) is 0 Å². The third-order valence-corrected chi connectivity index (χ3v) is 14.0. The van der Waals surface area contributed by atoms with Gasteiger partial charge in [-0.15, -0.1) is 0 Å². The Kier molecular flexibility index (Phi) is 12.3. The number of allylic oxidation sites excluding steroid dienone is 4. The van der Waals surface area contributed by atoms with Gasteiger partial charge < -0.3 is 25.4 Å². The highest BCUT2D eigenvalue weighted by atomic mass is 16.3. The van der Waals surface area contributed by atoms with E-state index in [4.69, 9.17) is 0 Å². The lowest BCUT2D eigenvalue weighted by atomic mass is 9.68. The number of phenolic OH excluding ortho intramolecular Hbond substituents is 1. The number of nitrogens with one attached hydrogen (secondary N) is 2. The van der Waals surface area contributed by atoms with Crippen LogP contribution in [0.1, 0.15) is 119 Å². The fourth-order valence-electron chi connectivity index (χ4n) is 10.8. The summed E-state index contributed by atoms with van der Waals surface area (Å²) in [5.41, 5.74) is 9.36. The van der Waals surface area contributed by atoms with Crippen molar-refractivity contribution in [1.29, 1.82) is 0 Å². The second-order valence-electron chi connectivity index (χ2n) is 17.4. The zero-order valence-electron chi connectivity index (χ0n) is 34.7. The van der Waals surface area contributed by atoms with Crippen molar-refractivity contribution < 1.29 is 29.1 Å². The molecule has 0 aromatic heterocycles. The number of nitrogens with zero attached hydrogens (tertiary/aromatic N) is 3. The first-order valence-corrected chi connectivity index (χ1v) is 21.8. The number of hydrogen-bond donors (Lipinski definition) is 3. The summed E-state index contributed by atoms with van der Waals surface area (Å²) < 4.78 is 0. The van der Waals surface area contributed by atoms with Crippen molar-refractivity contribution in [2.45, 2.75) is 95.7 Å². The molecule has 11 nitrogen and oxygen atoms in total. The Balaban J connectivity index is 0.897. The Labute approximate surface area is 352 Å². The molecule has 0 spiro atoms. The molecule has 4 amide bonds. The fraction of sp³-hybridized carbons (Fsp3) is 0.449. The number of carbonyl (C=O) groups is 5. The van der Waals surface area contributed by atoms with Crippen LogP contribution in [0.4, 0.5) is 5.69 Å². The Hall–Kier alpha value is -5.55. The third kappa shape index (κ3) is 8.29. The summed E-state index contributed by atoms with van der Waals surface area (Å²) in [6, 6.07) is 17.8. The highest BCUT2D eigenvalue weighted by Gasteiger charge is 2.44. The van der Waals surface area contributed by atoms with Crippen LogP contribution in [-0.4, -0.2) is 84.6 Å². The second kappa shape index (κ2) is 18.0. The van der Waals surface area contributed by atoms with Gasteiger partial charge in [-0.2, -0.15) is 0 Å². The van der Waals surface area contributed by atoms with Crippen LogP contribution in [0, 0.1) is 11.3 Å². The van der Waals surface area contributed by atoms with E-state index < -0.39 is 23.8 Å². The van der Waals surface area contributed by atoms with Crippen molar-refractivity contribution in [1.82, 2.24) is 20.4 Å². The van der Waals surface area contributed by atoms with Crippen molar-refractivity contribution in [2.75, 3.05) is 38.1 Å². The molecule has 11 heteroatoms. The van der Waals surface area contributed by atoms with Crippen molar-refractivity contribution >= 4 is 36.1 Å². The Bertz CT molecular complexity index is 2140. The van der Waals surface area contributed by atoms with Crippen molar-refractivity contribution in [3.63, 3.8) is 0 Å². The van der Waals surface area contributed by atoms with Crippen LogP contribution in [-0.2, 0) is 33.9 Å². The number of imide groups is 1. The number of likely N-dealkylation sites (N-methyl/N-ethyl adjacent to an activating group) is 1. The van der Waals surface area contributed by atoms with Gasteiger partial charge in [0.2, 0.25) is 12.3 Å². The van der Waals surface area contributed by atoms with Gasteiger partial charge in [0.25, 0.3) is 11.8 Å². The Morgan fingerprint density at radius 1 is 0.933 bits per heavy atom. The zero-order chi connectivity index (χ0) is 41.8. The van der Waals surface area contributed by atoms with Gasteiger partial charge in [0, 0.05) is 57.8 Å². The minimum Gasteiger partial charge on any atom is -0.508 e. The number of piperidine rings is 1. The lowest BCUT2D eigenvalue weighted by molar-refractivity contribution is -0.124. The van der Waals surface area contributed by atoms with E-state index in [1.165, 1.54) is 35.0 Å². The number of aldehydes is 1. The second-order valence-corrected chi connectivity index (χ2v) is 17.4. The molecule has 3 atom stereocenters. The molecule has 0 saturated carbocycles. The third-order valence-electron chi connectivity index (χ3n) is 14.0. The summed E-state index contributed by atoms with van der Waals surface area (Å²) in [6.45, 7) is 4.79. The average Bonchev–Trinajstić information content (AvgIpc) is 3.78. The first-order valence-electron chi connectivity index (χ1n) is 21.8. The van der Waals surface area contributed by atoms with E-state index in [0.29, 0.717) is 48.7 Å². The van der Waals surface area contributed by atoms with Gasteiger partial charge in [-0.1, -0.05) is 36.4 Å². The number of aromatic hydroxyl groups is 1. The number of amides is 4.